The van der Waals surface area contributed by atoms with Gasteiger partial charge in [-0.1, -0.05) is 42.5 Å². The fourth-order valence-corrected chi connectivity index (χ4v) is 2.28. The Bertz CT molecular complexity index is 560. The number of benzene rings is 2. The summed E-state index contributed by atoms with van der Waals surface area (Å²) in [6.07, 6.45) is 0. The fraction of sp³-hybridized carbons (Fsp3) is 0.267. The van der Waals surface area contributed by atoms with Crippen LogP contribution in [0.1, 0.15) is 25.5 Å². The Morgan fingerprint density at radius 1 is 1.11 bits per heavy atom. The molecule has 1 amide bonds. The summed E-state index contributed by atoms with van der Waals surface area (Å²) in [6, 6.07) is 14.5. The lowest BCUT2D eigenvalue weighted by Crippen LogP contribution is -2.92. The Morgan fingerprint density at radius 3 is 2.50 bits per heavy atom. The molecule has 0 spiro atoms. The molecule has 0 saturated carbocycles. The molecule has 2 aromatic rings. The fourth-order valence-electron chi connectivity index (χ4n) is 2.28. The number of hydrogen-bond acceptors (Lipinski definition) is 1. The average Bonchev–Trinajstić information content (AvgIpc) is 2.37. The second-order valence-corrected chi connectivity index (χ2v) is 4.74. The number of rotatable bonds is 4. The summed E-state index contributed by atoms with van der Waals surface area (Å²) in [5.74, 6) is -0.276. The monoisotopic (exact) mass is 243 g/mol. The van der Waals surface area contributed by atoms with Crippen LogP contribution in [-0.4, -0.2) is 11.9 Å². The van der Waals surface area contributed by atoms with Gasteiger partial charge in [-0.25, -0.2) is 0 Å². The molecule has 0 aliphatic carbocycles. The lowest BCUT2D eigenvalue weighted by molar-refractivity contribution is -0.709. The maximum atomic E-state index is 11.1. The van der Waals surface area contributed by atoms with Crippen molar-refractivity contribution in [1.82, 2.24) is 0 Å². The third kappa shape index (κ3) is 2.51. The van der Waals surface area contributed by atoms with E-state index in [4.69, 9.17) is 5.73 Å². The first-order chi connectivity index (χ1) is 8.59. The smallest absolute Gasteiger partial charge is 0.275 e. The molecule has 0 bridgehead atoms. The number of carbonyl (C=O) groups is 1. The van der Waals surface area contributed by atoms with Crippen LogP contribution in [0.25, 0.3) is 10.8 Å². The molecule has 0 aliphatic rings. The zero-order valence-electron chi connectivity index (χ0n) is 10.8. The van der Waals surface area contributed by atoms with Crippen LogP contribution in [0.15, 0.2) is 42.5 Å². The molecule has 18 heavy (non-hydrogen) atoms. The van der Waals surface area contributed by atoms with Crippen molar-refractivity contribution in [2.75, 3.05) is 0 Å². The van der Waals surface area contributed by atoms with Crippen molar-refractivity contribution >= 4 is 16.7 Å². The molecule has 0 aromatic heterocycles. The van der Waals surface area contributed by atoms with Crippen LogP contribution in [0.4, 0.5) is 0 Å². The van der Waals surface area contributed by atoms with Gasteiger partial charge in [0.05, 0.1) is 0 Å². The first-order valence-electron chi connectivity index (χ1n) is 6.21. The molecule has 2 aromatic carbocycles. The average molecular weight is 243 g/mol. The minimum absolute atomic E-state index is 0.207. The predicted octanol–water partition coefficient (Wildman–Crippen LogP) is 1.34. The lowest BCUT2D eigenvalue weighted by Gasteiger charge is -2.16. The van der Waals surface area contributed by atoms with Gasteiger partial charge in [-0.15, -0.1) is 0 Å². The second-order valence-electron chi connectivity index (χ2n) is 4.74. The van der Waals surface area contributed by atoms with Crippen molar-refractivity contribution in [1.29, 1.82) is 0 Å². The quantitative estimate of drug-likeness (QED) is 0.836. The molecular formula is C15H19N2O+. The van der Waals surface area contributed by atoms with E-state index in [1.54, 1.807) is 0 Å². The van der Waals surface area contributed by atoms with Crippen LogP contribution in [0, 0.1) is 0 Å². The molecule has 2 rings (SSSR count). The number of primary amides is 1. The van der Waals surface area contributed by atoms with Crippen LogP contribution in [-0.2, 0) is 4.79 Å². The van der Waals surface area contributed by atoms with Crippen molar-refractivity contribution in [3.63, 3.8) is 0 Å². The molecule has 0 fully saturated rings. The zero-order chi connectivity index (χ0) is 13.1. The maximum absolute atomic E-state index is 11.1. The van der Waals surface area contributed by atoms with Crippen LogP contribution >= 0.6 is 0 Å². The molecule has 3 nitrogen and oxygen atoms in total. The van der Waals surface area contributed by atoms with Crippen molar-refractivity contribution < 1.29 is 10.1 Å². The van der Waals surface area contributed by atoms with Gasteiger partial charge in [0, 0.05) is 5.56 Å². The van der Waals surface area contributed by atoms with Gasteiger partial charge in [-0.2, -0.15) is 0 Å². The van der Waals surface area contributed by atoms with E-state index < -0.39 is 0 Å². The molecular weight excluding hydrogens is 224 g/mol. The second kappa shape index (κ2) is 5.19. The van der Waals surface area contributed by atoms with Crippen molar-refractivity contribution in [2.24, 2.45) is 5.73 Å². The third-order valence-corrected chi connectivity index (χ3v) is 3.34. The molecule has 2 atom stereocenters. The highest BCUT2D eigenvalue weighted by Crippen LogP contribution is 2.22. The van der Waals surface area contributed by atoms with E-state index in [1.165, 1.54) is 16.3 Å². The van der Waals surface area contributed by atoms with Gasteiger partial charge >= 0.3 is 0 Å². The Labute approximate surface area is 107 Å². The van der Waals surface area contributed by atoms with Crippen molar-refractivity contribution in [3.05, 3.63) is 48.0 Å². The van der Waals surface area contributed by atoms with Gasteiger partial charge in [0.25, 0.3) is 5.91 Å². The van der Waals surface area contributed by atoms with Crippen LogP contribution < -0.4 is 11.1 Å². The van der Waals surface area contributed by atoms with E-state index in [-0.39, 0.29) is 18.0 Å². The molecule has 0 saturated heterocycles. The highest BCUT2D eigenvalue weighted by molar-refractivity contribution is 5.86. The van der Waals surface area contributed by atoms with Gasteiger partial charge in [0.2, 0.25) is 0 Å². The summed E-state index contributed by atoms with van der Waals surface area (Å²) in [6.45, 7) is 3.94. The summed E-state index contributed by atoms with van der Waals surface area (Å²) in [5.41, 5.74) is 6.54. The van der Waals surface area contributed by atoms with Gasteiger partial charge in [-0.3, -0.25) is 4.79 Å². The molecule has 4 N–H and O–H groups in total. The minimum atomic E-state index is -0.276. The number of nitrogens with two attached hydrogens (primary N) is 2. The first-order valence-corrected chi connectivity index (χ1v) is 6.21. The highest BCUT2D eigenvalue weighted by atomic mass is 16.1. The standard InChI is InChI=1S/C15H18N2O/c1-10(17-11(2)15(16)18)13-9-5-7-12-6-3-4-8-14(12)13/h3-11,17H,1-2H3,(H2,16,18)/p+1/t10-,11-/m0/s1. The van der Waals surface area contributed by atoms with E-state index >= 15 is 0 Å². The molecule has 0 unspecified atom stereocenters. The molecule has 0 radical (unpaired) electrons. The van der Waals surface area contributed by atoms with Crippen LogP contribution in [0.3, 0.4) is 0 Å². The molecule has 0 heterocycles. The zero-order valence-corrected chi connectivity index (χ0v) is 10.8. The number of carbonyl (C=O) groups excluding carboxylic acids is 1. The van der Waals surface area contributed by atoms with E-state index in [0.717, 1.165) is 0 Å². The number of quaternary nitrogens is 1. The van der Waals surface area contributed by atoms with Crippen LogP contribution in [0.2, 0.25) is 0 Å². The molecule has 3 heteroatoms. The Morgan fingerprint density at radius 2 is 1.78 bits per heavy atom. The minimum Gasteiger partial charge on any atom is -0.365 e. The summed E-state index contributed by atoms with van der Waals surface area (Å²) in [7, 11) is 0. The SMILES string of the molecule is C[C@H]([NH2+][C@@H](C)c1cccc2ccccc12)C(N)=O. The van der Waals surface area contributed by atoms with Gasteiger partial charge < -0.3 is 11.1 Å². The van der Waals surface area contributed by atoms with Crippen molar-refractivity contribution in [3.8, 4) is 0 Å². The van der Waals surface area contributed by atoms with Gasteiger partial charge in [0.1, 0.15) is 6.04 Å². The third-order valence-electron chi connectivity index (χ3n) is 3.34. The summed E-state index contributed by atoms with van der Waals surface area (Å²) in [4.78, 5) is 11.1. The number of amides is 1. The van der Waals surface area contributed by atoms with Gasteiger partial charge in [0.15, 0.2) is 6.04 Å². The molecule has 94 valence electrons. The summed E-state index contributed by atoms with van der Waals surface area (Å²) in [5, 5.41) is 4.46. The number of hydrogen-bond donors (Lipinski definition) is 2. The van der Waals surface area contributed by atoms with E-state index in [2.05, 4.69) is 37.3 Å². The van der Waals surface area contributed by atoms with Crippen LogP contribution in [0.5, 0.6) is 0 Å². The largest absolute Gasteiger partial charge is 0.365 e. The van der Waals surface area contributed by atoms with E-state index in [9.17, 15) is 4.79 Å². The Kier molecular flexibility index (Phi) is 3.63. The van der Waals surface area contributed by atoms with Crippen molar-refractivity contribution in [2.45, 2.75) is 25.9 Å². The van der Waals surface area contributed by atoms with E-state index in [1.807, 2.05) is 24.4 Å². The van der Waals surface area contributed by atoms with Gasteiger partial charge in [-0.05, 0) is 24.6 Å². The number of fused-ring (bicyclic) bond motifs is 1. The Balaban J connectivity index is 2.33. The van der Waals surface area contributed by atoms with E-state index in [0.29, 0.717) is 0 Å². The summed E-state index contributed by atoms with van der Waals surface area (Å²) < 4.78 is 0. The summed E-state index contributed by atoms with van der Waals surface area (Å²) >= 11 is 0. The highest BCUT2D eigenvalue weighted by Gasteiger charge is 2.18. The normalized spacial score (nSPS) is 14.3. The topological polar surface area (TPSA) is 59.7 Å². The first kappa shape index (κ1) is 12.6. The Hall–Kier alpha value is -1.87. The predicted molar refractivity (Wildman–Crippen MR) is 72.9 cm³/mol. The molecule has 0 aliphatic heterocycles. The maximum Gasteiger partial charge on any atom is 0.275 e. The lowest BCUT2D eigenvalue weighted by atomic mass is 9.99.